The Morgan fingerprint density at radius 2 is 1.97 bits per heavy atom. The van der Waals surface area contributed by atoms with Gasteiger partial charge in [-0.1, -0.05) is 31.4 Å². The van der Waals surface area contributed by atoms with Gasteiger partial charge in [-0.25, -0.2) is 0 Å². The average Bonchev–Trinajstić information content (AvgIpc) is 3.54. The fourth-order valence-corrected chi connectivity index (χ4v) is 5.07. The zero-order valence-corrected chi connectivity index (χ0v) is 20.8. The molecule has 1 saturated heterocycles. The van der Waals surface area contributed by atoms with E-state index in [1.54, 1.807) is 12.4 Å². The van der Waals surface area contributed by atoms with Gasteiger partial charge in [0.05, 0.1) is 6.04 Å². The topological polar surface area (TPSA) is 90.1 Å². The van der Waals surface area contributed by atoms with E-state index >= 15 is 0 Å². The lowest BCUT2D eigenvalue weighted by Gasteiger charge is -2.32. The summed E-state index contributed by atoms with van der Waals surface area (Å²) in [6.07, 6.45) is 12.5. The highest BCUT2D eigenvalue weighted by atomic mass is 16.2. The number of hydrogen-bond donors (Lipinski definition) is 3. The summed E-state index contributed by atoms with van der Waals surface area (Å²) in [4.78, 5) is 32.9. The van der Waals surface area contributed by atoms with Crippen LogP contribution in [0.2, 0.25) is 0 Å². The number of aryl methyl sites for hydroxylation is 1. The van der Waals surface area contributed by atoms with E-state index in [1.165, 1.54) is 24.6 Å². The van der Waals surface area contributed by atoms with Crippen LogP contribution >= 0.6 is 0 Å². The van der Waals surface area contributed by atoms with Crippen molar-refractivity contribution in [3.63, 3.8) is 0 Å². The van der Waals surface area contributed by atoms with E-state index in [-0.39, 0.29) is 18.0 Å². The molecule has 3 N–H and O–H groups in total. The Morgan fingerprint density at radius 1 is 1.14 bits per heavy atom. The molecule has 2 aliphatic rings. The molecule has 0 bridgehead atoms. The number of aromatic amines is 1. The van der Waals surface area contributed by atoms with Crippen molar-refractivity contribution in [1.82, 2.24) is 20.6 Å². The summed E-state index contributed by atoms with van der Waals surface area (Å²) >= 11 is 0. The van der Waals surface area contributed by atoms with Crippen LogP contribution in [0.25, 0.3) is 10.9 Å². The number of fused-ring (bicyclic) bond motifs is 1. The number of likely N-dealkylation sites (N-methyl/N-ethyl adjacent to an activating group) is 1. The molecule has 2 aromatic heterocycles. The highest BCUT2D eigenvalue weighted by Gasteiger charge is 2.28. The lowest BCUT2D eigenvalue weighted by atomic mass is 9.95. The molecule has 2 fully saturated rings. The summed E-state index contributed by atoms with van der Waals surface area (Å²) in [5, 5.41) is 7.51. The number of hydrogen-bond acceptors (Lipinski definition) is 5. The Morgan fingerprint density at radius 3 is 2.63 bits per heavy atom. The first-order chi connectivity index (χ1) is 17.0. The van der Waals surface area contributed by atoms with Crippen LogP contribution in [0.4, 0.5) is 5.69 Å². The van der Waals surface area contributed by atoms with Crippen molar-refractivity contribution >= 4 is 28.8 Å². The number of H-pyrrole nitrogens is 1. The molecule has 2 atom stereocenters. The number of aldehydes is 1. The van der Waals surface area contributed by atoms with Crippen LogP contribution in [-0.2, 0) is 9.59 Å². The first kappa shape index (κ1) is 24.9. The number of benzene rings is 1. The number of amides is 1. The van der Waals surface area contributed by atoms with Crippen LogP contribution in [0.1, 0.15) is 62.2 Å². The summed E-state index contributed by atoms with van der Waals surface area (Å²) in [7, 11) is 1.98. The minimum absolute atomic E-state index is 0.0464. The summed E-state index contributed by atoms with van der Waals surface area (Å²) in [6.45, 7) is 3.07. The van der Waals surface area contributed by atoms with E-state index in [0.29, 0.717) is 0 Å². The van der Waals surface area contributed by atoms with Gasteiger partial charge in [0.15, 0.2) is 0 Å². The molecule has 5 rings (SSSR count). The molecule has 3 aromatic rings. The number of carbonyl (C=O) groups is 2. The van der Waals surface area contributed by atoms with E-state index in [0.717, 1.165) is 61.0 Å². The monoisotopic (exact) mass is 475 g/mol. The third-order valence-electron chi connectivity index (χ3n) is 7.00. The molecule has 7 heteroatoms. The Labute approximate surface area is 207 Å². The number of aromatic nitrogens is 2. The maximum absolute atomic E-state index is 13.3. The average molecular weight is 476 g/mol. The van der Waals surface area contributed by atoms with Crippen LogP contribution < -0.4 is 15.5 Å². The Kier molecular flexibility index (Phi) is 8.53. The number of rotatable bonds is 6. The predicted octanol–water partition coefficient (Wildman–Crippen LogP) is 4.44. The summed E-state index contributed by atoms with van der Waals surface area (Å²) < 4.78 is 0. The van der Waals surface area contributed by atoms with Crippen molar-refractivity contribution in [1.29, 1.82) is 0 Å². The highest BCUT2D eigenvalue weighted by Crippen LogP contribution is 2.29. The third-order valence-corrected chi connectivity index (χ3v) is 7.00. The van der Waals surface area contributed by atoms with Gasteiger partial charge >= 0.3 is 0 Å². The summed E-state index contributed by atoms with van der Waals surface area (Å²) in [6, 6.07) is 12.3. The fourth-order valence-electron chi connectivity index (χ4n) is 5.07. The molecule has 2 unspecified atom stereocenters. The molecule has 1 amide bonds. The SMILES string of the molecule is Cc1cc2ccc(N(C)C(C(=O)NC3CCCCC3)c3cccnc3)cc2[nH]1.O=CC1CCCN1. The van der Waals surface area contributed by atoms with E-state index in [4.69, 9.17) is 0 Å². The molecule has 7 nitrogen and oxygen atoms in total. The van der Waals surface area contributed by atoms with Gasteiger partial charge in [-0.3, -0.25) is 9.78 Å². The van der Waals surface area contributed by atoms with Crippen molar-refractivity contribution in [2.24, 2.45) is 0 Å². The van der Waals surface area contributed by atoms with E-state index in [9.17, 15) is 9.59 Å². The van der Waals surface area contributed by atoms with Gasteiger partial charge in [-0.05, 0) is 68.8 Å². The van der Waals surface area contributed by atoms with Gasteiger partial charge in [0.25, 0.3) is 0 Å². The van der Waals surface area contributed by atoms with Crippen LogP contribution in [0.3, 0.4) is 0 Å². The Bertz CT molecular complexity index is 1100. The molecule has 1 saturated carbocycles. The Balaban J connectivity index is 0.000000356. The number of pyridine rings is 1. The number of nitrogens with one attached hydrogen (secondary N) is 3. The second-order valence-electron chi connectivity index (χ2n) is 9.71. The van der Waals surface area contributed by atoms with Crippen molar-refractivity contribution in [2.75, 3.05) is 18.5 Å². The maximum Gasteiger partial charge on any atom is 0.247 e. The van der Waals surface area contributed by atoms with E-state index in [1.807, 2.05) is 24.1 Å². The van der Waals surface area contributed by atoms with Gasteiger partial charge in [0.2, 0.25) is 5.91 Å². The second-order valence-corrected chi connectivity index (χ2v) is 9.71. The molecule has 0 spiro atoms. The minimum Gasteiger partial charge on any atom is -0.359 e. The quantitative estimate of drug-likeness (QED) is 0.459. The first-order valence-electron chi connectivity index (χ1n) is 12.8. The molecular weight excluding hydrogens is 438 g/mol. The number of carbonyl (C=O) groups excluding carboxylic acids is 2. The van der Waals surface area contributed by atoms with Gasteiger partial charge in [-0.2, -0.15) is 0 Å². The summed E-state index contributed by atoms with van der Waals surface area (Å²) in [5.41, 5.74) is 4.12. The van der Waals surface area contributed by atoms with Crippen LogP contribution in [-0.4, -0.2) is 47.8 Å². The lowest BCUT2D eigenvalue weighted by Crippen LogP contribution is -2.44. The second kappa shape index (κ2) is 12.0. The van der Waals surface area contributed by atoms with Gasteiger partial charge < -0.3 is 25.3 Å². The van der Waals surface area contributed by atoms with Gasteiger partial charge in [0.1, 0.15) is 12.3 Å². The van der Waals surface area contributed by atoms with Crippen LogP contribution in [0, 0.1) is 6.92 Å². The zero-order valence-electron chi connectivity index (χ0n) is 20.8. The molecule has 186 valence electrons. The van der Waals surface area contributed by atoms with Crippen LogP contribution in [0.15, 0.2) is 48.8 Å². The predicted molar refractivity (Wildman–Crippen MR) is 141 cm³/mol. The molecule has 35 heavy (non-hydrogen) atoms. The van der Waals surface area contributed by atoms with Crippen LogP contribution in [0.5, 0.6) is 0 Å². The molecular formula is C28H37N5O2. The maximum atomic E-state index is 13.3. The third kappa shape index (κ3) is 6.48. The zero-order chi connectivity index (χ0) is 24.6. The van der Waals surface area contributed by atoms with Crippen molar-refractivity contribution in [2.45, 2.75) is 70.0 Å². The smallest absolute Gasteiger partial charge is 0.247 e. The minimum atomic E-state index is -0.413. The molecule has 1 aliphatic carbocycles. The van der Waals surface area contributed by atoms with Crippen molar-refractivity contribution in [3.8, 4) is 0 Å². The molecule has 1 aromatic carbocycles. The van der Waals surface area contributed by atoms with Gasteiger partial charge in [0, 0.05) is 47.9 Å². The standard InChI is InChI=1S/C23H28N4O.C5H9NO/c1-16-13-17-10-11-20(14-21(17)25-16)27(2)22(18-7-6-12-24-15-18)23(28)26-19-8-4-3-5-9-19;7-4-5-2-1-3-6-5/h6-7,10-15,19,22,25H,3-5,8-9H2,1-2H3,(H,26,28);4-6H,1-3H2. The highest BCUT2D eigenvalue weighted by molar-refractivity contribution is 5.89. The number of anilines is 1. The largest absolute Gasteiger partial charge is 0.359 e. The van der Waals surface area contributed by atoms with Crippen molar-refractivity contribution in [3.05, 3.63) is 60.0 Å². The van der Waals surface area contributed by atoms with Gasteiger partial charge in [-0.15, -0.1) is 0 Å². The van der Waals surface area contributed by atoms with E-state index in [2.05, 4.69) is 51.8 Å². The fraction of sp³-hybridized carbons (Fsp3) is 0.464. The molecule has 1 aliphatic heterocycles. The van der Waals surface area contributed by atoms with Crippen molar-refractivity contribution < 1.29 is 9.59 Å². The van der Waals surface area contributed by atoms with E-state index < -0.39 is 6.04 Å². The number of nitrogens with zero attached hydrogens (tertiary/aromatic N) is 2. The molecule has 3 heterocycles. The summed E-state index contributed by atoms with van der Waals surface area (Å²) in [5.74, 6) is 0.0464. The Hall–Kier alpha value is -3.19. The normalized spacial score (nSPS) is 19.0. The molecule has 0 radical (unpaired) electrons. The first-order valence-corrected chi connectivity index (χ1v) is 12.8. The lowest BCUT2D eigenvalue weighted by molar-refractivity contribution is -0.123.